The van der Waals surface area contributed by atoms with Gasteiger partial charge in [0.15, 0.2) is 6.04 Å². The van der Waals surface area contributed by atoms with Crippen LogP contribution < -0.4 is 5.32 Å². The van der Waals surface area contributed by atoms with Crippen molar-refractivity contribution in [3.05, 3.63) is 59.7 Å². The number of alkyl carbamates (subject to hydrolysis) is 1. The molecule has 166 valence electrons. The van der Waals surface area contributed by atoms with E-state index in [0.717, 1.165) is 40.8 Å². The van der Waals surface area contributed by atoms with E-state index in [2.05, 4.69) is 24.4 Å². The lowest BCUT2D eigenvalue weighted by molar-refractivity contribution is -0.140. The number of unbranched alkanes of at least 4 members (excludes halogenated alkanes) is 1. The number of hydrogen-bond acceptors (Lipinski definition) is 6. The lowest BCUT2D eigenvalue weighted by Gasteiger charge is -2.17. The van der Waals surface area contributed by atoms with Gasteiger partial charge < -0.3 is 19.9 Å². The first-order chi connectivity index (χ1) is 15.1. The van der Waals surface area contributed by atoms with E-state index in [-0.39, 0.29) is 19.1 Å². The average Bonchev–Trinajstić information content (AvgIpc) is 3.10. The van der Waals surface area contributed by atoms with Gasteiger partial charge in [0.05, 0.1) is 6.61 Å². The number of amides is 1. The van der Waals surface area contributed by atoms with Gasteiger partial charge in [0.2, 0.25) is 0 Å². The Bertz CT molecular complexity index is 846. The fourth-order valence-electron chi connectivity index (χ4n) is 3.45. The van der Waals surface area contributed by atoms with Gasteiger partial charge in [0.25, 0.3) is 0 Å². The molecule has 0 aromatic heterocycles. The van der Waals surface area contributed by atoms with Gasteiger partial charge >= 0.3 is 12.1 Å². The minimum Gasteiger partial charge on any atom is -0.480 e. The van der Waals surface area contributed by atoms with Crippen LogP contribution in [-0.2, 0) is 14.3 Å². The Balaban J connectivity index is 1.49. The van der Waals surface area contributed by atoms with Crippen molar-refractivity contribution in [1.82, 2.24) is 5.32 Å². The summed E-state index contributed by atoms with van der Waals surface area (Å²) in [5.41, 5.74) is 4.48. The van der Waals surface area contributed by atoms with E-state index in [4.69, 9.17) is 9.47 Å². The third kappa shape index (κ3) is 6.41. The molecule has 0 radical (unpaired) electrons. The van der Waals surface area contributed by atoms with Crippen LogP contribution in [0.2, 0.25) is 0 Å². The lowest BCUT2D eigenvalue weighted by Crippen LogP contribution is -2.44. The number of aliphatic carboxylic acids is 1. The third-order valence-corrected chi connectivity index (χ3v) is 7.19. The Morgan fingerprint density at radius 2 is 1.71 bits per heavy atom. The highest BCUT2D eigenvalue weighted by atomic mass is 33.1. The Labute approximate surface area is 190 Å². The normalized spacial score (nSPS) is 13.3. The van der Waals surface area contributed by atoms with Crippen LogP contribution in [-0.4, -0.2) is 48.1 Å². The van der Waals surface area contributed by atoms with Crippen LogP contribution in [0.25, 0.3) is 11.1 Å². The number of carboxylic acid groups (broad SMARTS) is 1. The smallest absolute Gasteiger partial charge is 0.407 e. The lowest BCUT2D eigenvalue weighted by atomic mass is 9.98. The van der Waals surface area contributed by atoms with Crippen LogP contribution >= 0.6 is 21.6 Å². The molecule has 0 saturated carbocycles. The van der Waals surface area contributed by atoms with Crippen LogP contribution in [0.5, 0.6) is 0 Å². The van der Waals surface area contributed by atoms with Crippen LogP contribution in [0.4, 0.5) is 4.79 Å². The largest absolute Gasteiger partial charge is 0.480 e. The Morgan fingerprint density at radius 1 is 1.06 bits per heavy atom. The van der Waals surface area contributed by atoms with Gasteiger partial charge in [0, 0.05) is 11.7 Å². The van der Waals surface area contributed by atoms with Crippen LogP contribution in [0, 0.1) is 0 Å². The van der Waals surface area contributed by atoms with Crippen molar-refractivity contribution in [2.24, 2.45) is 0 Å². The number of carbonyl (C=O) groups is 2. The number of nitrogens with one attached hydrogen (secondary N) is 1. The minimum absolute atomic E-state index is 0.0748. The van der Waals surface area contributed by atoms with Crippen molar-refractivity contribution < 1.29 is 24.2 Å². The Morgan fingerprint density at radius 3 is 2.32 bits per heavy atom. The van der Waals surface area contributed by atoms with Gasteiger partial charge in [-0.05, 0) is 28.7 Å². The summed E-state index contributed by atoms with van der Waals surface area (Å²) in [6, 6.07) is 14.9. The topological polar surface area (TPSA) is 84.9 Å². The molecule has 0 saturated heterocycles. The molecule has 1 atom stereocenters. The standard InChI is InChI=1S/C23H27NO5S2/c1-2-3-12-30-31-15-28-14-21(22(25)26)24-23(27)29-13-20-18-10-6-4-8-16(18)17-9-5-7-11-19(17)20/h4-11,20-21H,2-3,12-15H2,1H3,(H,24,27)(H,25,26). The summed E-state index contributed by atoms with van der Waals surface area (Å²) in [4.78, 5) is 23.7. The molecular formula is C23H27NO5S2. The molecular weight excluding hydrogens is 434 g/mol. The molecule has 3 rings (SSSR count). The van der Waals surface area contributed by atoms with Crippen LogP contribution in [0.15, 0.2) is 48.5 Å². The highest BCUT2D eigenvalue weighted by Crippen LogP contribution is 2.44. The van der Waals surface area contributed by atoms with E-state index in [0.29, 0.717) is 5.94 Å². The van der Waals surface area contributed by atoms with Gasteiger partial charge in [-0.3, -0.25) is 0 Å². The first kappa shape index (κ1) is 23.5. The fraction of sp³-hybridized carbons (Fsp3) is 0.391. The fourth-order valence-corrected chi connectivity index (χ4v) is 5.33. The van der Waals surface area contributed by atoms with Gasteiger partial charge in [-0.2, -0.15) is 0 Å². The number of benzene rings is 2. The van der Waals surface area contributed by atoms with Crippen LogP contribution in [0.3, 0.4) is 0 Å². The SMILES string of the molecule is CCCCSSCOCC(NC(=O)OCC1c2ccccc2-c2ccccc21)C(=O)O. The zero-order chi connectivity index (χ0) is 22.1. The second-order valence-electron chi connectivity index (χ2n) is 7.14. The molecule has 1 aliphatic carbocycles. The Hall–Kier alpha value is -2.16. The molecule has 0 bridgehead atoms. The second kappa shape index (κ2) is 12.0. The van der Waals surface area contributed by atoms with Gasteiger partial charge in [-0.15, -0.1) is 0 Å². The van der Waals surface area contributed by atoms with Crippen molar-refractivity contribution in [2.75, 3.05) is 24.9 Å². The summed E-state index contributed by atoms with van der Waals surface area (Å²) in [5.74, 6) is 0.168. The summed E-state index contributed by atoms with van der Waals surface area (Å²) in [5, 5.41) is 11.8. The van der Waals surface area contributed by atoms with Gasteiger partial charge in [-0.25, -0.2) is 9.59 Å². The first-order valence-corrected chi connectivity index (χ1v) is 12.8. The molecule has 6 nitrogen and oxygen atoms in total. The molecule has 2 N–H and O–H groups in total. The molecule has 8 heteroatoms. The summed E-state index contributed by atoms with van der Waals surface area (Å²) in [6.07, 6.45) is 1.51. The molecule has 0 heterocycles. The zero-order valence-electron chi connectivity index (χ0n) is 17.4. The average molecular weight is 462 g/mol. The predicted molar refractivity (Wildman–Crippen MR) is 125 cm³/mol. The van der Waals surface area contributed by atoms with E-state index in [1.54, 1.807) is 10.8 Å². The maximum absolute atomic E-state index is 12.3. The third-order valence-electron chi connectivity index (χ3n) is 5.01. The second-order valence-corrected chi connectivity index (χ2v) is 9.67. The molecule has 2 aromatic rings. The van der Waals surface area contributed by atoms with Crippen molar-refractivity contribution in [3.63, 3.8) is 0 Å². The van der Waals surface area contributed by atoms with E-state index in [1.807, 2.05) is 36.4 Å². The van der Waals surface area contributed by atoms with Crippen molar-refractivity contribution >= 4 is 33.7 Å². The van der Waals surface area contributed by atoms with E-state index >= 15 is 0 Å². The van der Waals surface area contributed by atoms with Crippen molar-refractivity contribution in [2.45, 2.75) is 31.7 Å². The summed E-state index contributed by atoms with van der Waals surface area (Å²) >= 11 is 0. The van der Waals surface area contributed by atoms with E-state index < -0.39 is 18.1 Å². The van der Waals surface area contributed by atoms with E-state index in [9.17, 15) is 14.7 Å². The maximum Gasteiger partial charge on any atom is 0.407 e. The highest BCUT2D eigenvalue weighted by Gasteiger charge is 2.29. The van der Waals surface area contributed by atoms with Crippen LogP contribution in [0.1, 0.15) is 36.8 Å². The number of hydrogen-bond donors (Lipinski definition) is 2. The molecule has 0 fully saturated rings. The Kier molecular flexibility index (Phi) is 9.12. The van der Waals surface area contributed by atoms with Gasteiger partial charge in [0.1, 0.15) is 12.5 Å². The van der Waals surface area contributed by atoms with Gasteiger partial charge in [-0.1, -0.05) is 83.5 Å². The maximum atomic E-state index is 12.3. The molecule has 31 heavy (non-hydrogen) atoms. The molecule has 1 amide bonds. The molecule has 1 aliphatic rings. The number of carbonyl (C=O) groups excluding carboxylic acids is 1. The van der Waals surface area contributed by atoms with Crippen molar-refractivity contribution in [3.8, 4) is 11.1 Å². The molecule has 0 aliphatic heterocycles. The highest BCUT2D eigenvalue weighted by molar-refractivity contribution is 8.76. The number of fused-ring (bicyclic) bond motifs is 3. The van der Waals surface area contributed by atoms with E-state index in [1.165, 1.54) is 10.8 Å². The number of carboxylic acids is 1. The summed E-state index contributed by atoms with van der Waals surface area (Å²) in [7, 11) is 3.23. The molecule has 2 aromatic carbocycles. The first-order valence-electron chi connectivity index (χ1n) is 10.3. The zero-order valence-corrected chi connectivity index (χ0v) is 19.0. The monoisotopic (exact) mass is 461 g/mol. The summed E-state index contributed by atoms with van der Waals surface area (Å²) in [6.45, 7) is 2.16. The molecule has 1 unspecified atom stereocenters. The quantitative estimate of drug-likeness (QED) is 0.257. The minimum atomic E-state index is -1.16. The van der Waals surface area contributed by atoms with Crippen molar-refractivity contribution in [1.29, 1.82) is 0 Å². The predicted octanol–water partition coefficient (Wildman–Crippen LogP) is 5.13. The number of rotatable bonds is 12. The number of ether oxygens (including phenoxy) is 2. The molecule has 0 spiro atoms. The summed E-state index contributed by atoms with van der Waals surface area (Å²) < 4.78 is 10.8.